The predicted molar refractivity (Wildman–Crippen MR) is 149 cm³/mol. The minimum absolute atomic E-state index is 0.200. The lowest BCUT2D eigenvalue weighted by Crippen LogP contribution is -2.19. The van der Waals surface area contributed by atoms with Crippen LogP contribution >= 0.6 is 11.8 Å². The van der Waals surface area contributed by atoms with Gasteiger partial charge in [-0.2, -0.15) is 0 Å². The number of benzene rings is 3. The first-order valence-corrected chi connectivity index (χ1v) is 13.0. The highest BCUT2D eigenvalue weighted by Gasteiger charge is 2.24. The highest BCUT2D eigenvalue weighted by Crippen LogP contribution is 2.37. The maximum Gasteiger partial charge on any atom is 0.264 e. The number of amides is 1. The van der Waals surface area contributed by atoms with E-state index in [9.17, 15) is 9.18 Å². The largest absolute Gasteiger partial charge is 0.490 e. The lowest BCUT2D eigenvalue weighted by molar-refractivity contribution is -0.115. The third kappa shape index (κ3) is 6.89. The maximum atomic E-state index is 13.3. The zero-order valence-corrected chi connectivity index (χ0v) is 21.7. The Balaban J connectivity index is 1.59. The van der Waals surface area contributed by atoms with E-state index >= 15 is 0 Å². The molecule has 1 amide bonds. The van der Waals surface area contributed by atoms with Gasteiger partial charge >= 0.3 is 0 Å². The lowest BCUT2D eigenvalue weighted by atomic mass is 10.0. The van der Waals surface area contributed by atoms with E-state index in [-0.39, 0.29) is 18.3 Å². The summed E-state index contributed by atoms with van der Waals surface area (Å²) in [6.45, 7) is 8.59. The summed E-state index contributed by atoms with van der Waals surface area (Å²) in [5.41, 5.74) is 4.55. The molecule has 3 aromatic carbocycles. The summed E-state index contributed by atoms with van der Waals surface area (Å²) in [6.07, 6.45) is 5.12. The van der Waals surface area contributed by atoms with Gasteiger partial charge in [0, 0.05) is 5.56 Å². The molecule has 1 aliphatic heterocycles. The first-order valence-electron chi connectivity index (χ1n) is 12.2. The van der Waals surface area contributed by atoms with Gasteiger partial charge in [0.15, 0.2) is 16.7 Å². The summed E-state index contributed by atoms with van der Waals surface area (Å²) in [5.74, 6) is 0.687. The second-order valence-corrected chi connectivity index (χ2v) is 9.38. The van der Waals surface area contributed by atoms with E-state index in [0.717, 1.165) is 28.8 Å². The molecule has 0 spiro atoms. The van der Waals surface area contributed by atoms with E-state index in [1.54, 1.807) is 18.2 Å². The Bertz CT molecular complexity index is 1330. The minimum atomic E-state index is -0.292. The van der Waals surface area contributed by atoms with Crippen LogP contribution in [-0.2, 0) is 24.2 Å². The summed E-state index contributed by atoms with van der Waals surface area (Å²) in [7, 11) is 0. The average molecular weight is 517 g/mol. The van der Waals surface area contributed by atoms with Gasteiger partial charge in [-0.3, -0.25) is 4.79 Å². The molecule has 0 aromatic heterocycles. The molecule has 37 heavy (non-hydrogen) atoms. The Kier molecular flexibility index (Phi) is 8.80. The molecule has 3 aromatic rings. The third-order valence-electron chi connectivity index (χ3n) is 5.64. The van der Waals surface area contributed by atoms with Crippen LogP contribution in [-0.4, -0.2) is 17.7 Å². The fourth-order valence-electron chi connectivity index (χ4n) is 3.79. The summed E-state index contributed by atoms with van der Waals surface area (Å²) in [6, 6.07) is 18.0. The highest BCUT2D eigenvalue weighted by molar-refractivity contribution is 8.18. The summed E-state index contributed by atoms with van der Waals surface area (Å²) < 4.78 is 25.3. The van der Waals surface area contributed by atoms with Crippen LogP contribution in [0.5, 0.6) is 11.5 Å². The number of rotatable bonds is 10. The molecule has 1 N–H and O–H groups in total. The van der Waals surface area contributed by atoms with Crippen molar-refractivity contribution in [2.75, 3.05) is 6.61 Å². The number of hydrogen-bond acceptors (Lipinski definition) is 5. The van der Waals surface area contributed by atoms with Crippen molar-refractivity contribution in [1.29, 1.82) is 0 Å². The van der Waals surface area contributed by atoms with Crippen LogP contribution in [0.25, 0.3) is 6.08 Å². The second kappa shape index (κ2) is 12.4. The molecule has 0 bridgehead atoms. The van der Waals surface area contributed by atoms with Crippen LogP contribution < -0.4 is 14.8 Å². The standard InChI is InChI=1S/C30H29FN2O3S/c1-4-7-23-16-22(17-26(35-6-3)28(23)36-19-21-8-12-24(31)13-9-21)18-27-29(34)33-30(37-27)32-25-14-10-20(5-2)11-15-25/h4,8-18H,1,5-7,19H2,2-3H3,(H,32,33,34)/b27-18-. The molecule has 0 unspecified atom stereocenters. The first-order chi connectivity index (χ1) is 18.0. The van der Waals surface area contributed by atoms with Crippen molar-refractivity contribution in [3.63, 3.8) is 0 Å². The van der Waals surface area contributed by atoms with Crippen LogP contribution in [0, 0.1) is 5.82 Å². The number of halogens is 1. The minimum Gasteiger partial charge on any atom is -0.490 e. The van der Waals surface area contributed by atoms with Crippen molar-refractivity contribution in [3.8, 4) is 11.5 Å². The van der Waals surface area contributed by atoms with Gasteiger partial charge in [0.1, 0.15) is 12.4 Å². The van der Waals surface area contributed by atoms with E-state index in [4.69, 9.17) is 9.47 Å². The highest BCUT2D eigenvalue weighted by atomic mass is 32.2. The van der Waals surface area contributed by atoms with Gasteiger partial charge in [-0.15, -0.1) is 6.58 Å². The van der Waals surface area contributed by atoms with Crippen molar-refractivity contribution in [2.24, 2.45) is 4.99 Å². The summed E-state index contributed by atoms with van der Waals surface area (Å²) in [5, 5.41) is 3.38. The zero-order valence-electron chi connectivity index (χ0n) is 20.9. The van der Waals surface area contributed by atoms with E-state index in [1.165, 1.54) is 29.5 Å². The van der Waals surface area contributed by atoms with Crippen LogP contribution in [0.4, 0.5) is 10.1 Å². The van der Waals surface area contributed by atoms with Crippen molar-refractivity contribution in [3.05, 3.63) is 106 Å². The van der Waals surface area contributed by atoms with E-state index < -0.39 is 0 Å². The van der Waals surface area contributed by atoms with Gasteiger partial charge in [0.25, 0.3) is 5.91 Å². The predicted octanol–water partition coefficient (Wildman–Crippen LogP) is 6.99. The number of hydrogen-bond donors (Lipinski definition) is 1. The Morgan fingerprint density at radius 1 is 1.03 bits per heavy atom. The zero-order chi connectivity index (χ0) is 26.2. The number of allylic oxidation sites excluding steroid dienone is 1. The smallest absolute Gasteiger partial charge is 0.264 e. The number of nitrogens with one attached hydrogen (secondary N) is 1. The van der Waals surface area contributed by atoms with Gasteiger partial charge in [-0.25, -0.2) is 9.38 Å². The van der Waals surface area contributed by atoms with Crippen molar-refractivity contribution >= 4 is 34.6 Å². The number of thioether (sulfide) groups is 1. The topological polar surface area (TPSA) is 59.9 Å². The van der Waals surface area contributed by atoms with Gasteiger partial charge in [-0.1, -0.05) is 37.3 Å². The van der Waals surface area contributed by atoms with Gasteiger partial charge < -0.3 is 14.8 Å². The molecule has 0 radical (unpaired) electrons. The Morgan fingerprint density at radius 3 is 2.43 bits per heavy atom. The molecule has 1 heterocycles. The van der Waals surface area contributed by atoms with Crippen molar-refractivity contribution < 1.29 is 18.7 Å². The molecule has 1 saturated heterocycles. The molecule has 1 aliphatic rings. The van der Waals surface area contributed by atoms with Gasteiger partial charge in [-0.05, 0) is 90.7 Å². The Morgan fingerprint density at radius 2 is 1.76 bits per heavy atom. The van der Waals surface area contributed by atoms with Gasteiger partial charge in [0.05, 0.1) is 17.2 Å². The molecule has 190 valence electrons. The summed E-state index contributed by atoms with van der Waals surface area (Å²) >= 11 is 1.30. The SMILES string of the molecule is C=CCc1cc(/C=C2\SC(=Nc3ccc(CC)cc3)NC2=O)cc(OCC)c1OCc1ccc(F)cc1. The van der Waals surface area contributed by atoms with E-state index in [1.807, 2.05) is 49.4 Å². The molecule has 0 saturated carbocycles. The maximum absolute atomic E-state index is 13.3. The number of nitrogens with zero attached hydrogens (tertiary/aromatic N) is 1. The third-order valence-corrected chi connectivity index (χ3v) is 6.55. The van der Waals surface area contributed by atoms with Crippen LogP contribution in [0.2, 0.25) is 0 Å². The molecule has 1 fully saturated rings. The fraction of sp³-hybridized carbons (Fsp3) is 0.200. The van der Waals surface area contributed by atoms with Crippen molar-refractivity contribution in [2.45, 2.75) is 33.3 Å². The molecule has 4 rings (SSSR count). The number of ether oxygens (including phenoxy) is 2. The molecular formula is C30H29FN2O3S. The van der Waals surface area contributed by atoms with Crippen LogP contribution in [0.1, 0.15) is 36.1 Å². The number of carbonyl (C=O) groups excluding carboxylic acids is 1. The molecule has 0 atom stereocenters. The Labute approximate surface area is 221 Å². The molecule has 5 nitrogen and oxygen atoms in total. The lowest BCUT2D eigenvalue weighted by Gasteiger charge is -2.17. The normalized spacial score (nSPS) is 15.2. The van der Waals surface area contributed by atoms with E-state index in [2.05, 4.69) is 23.8 Å². The summed E-state index contributed by atoms with van der Waals surface area (Å²) in [4.78, 5) is 17.8. The van der Waals surface area contributed by atoms with E-state index in [0.29, 0.717) is 34.6 Å². The second-order valence-electron chi connectivity index (χ2n) is 8.35. The number of aliphatic imine (C=N–C) groups is 1. The number of carbonyl (C=O) groups is 1. The fourth-order valence-corrected chi connectivity index (χ4v) is 4.63. The molecular weight excluding hydrogens is 487 g/mol. The van der Waals surface area contributed by atoms with Gasteiger partial charge in [0.2, 0.25) is 0 Å². The number of aryl methyl sites for hydroxylation is 1. The number of amidine groups is 1. The molecule has 7 heteroatoms. The Hall–Kier alpha value is -3.84. The quantitative estimate of drug-likeness (QED) is 0.233. The van der Waals surface area contributed by atoms with Crippen LogP contribution in [0.3, 0.4) is 0 Å². The monoisotopic (exact) mass is 516 g/mol. The first kappa shape index (κ1) is 26.2. The van der Waals surface area contributed by atoms with Crippen molar-refractivity contribution in [1.82, 2.24) is 5.32 Å². The van der Waals surface area contributed by atoms with Crippen LogP contribution in [0.15, 0.2) is 83.2 Å². The molecule has 0 aliphatic carbocycles. The average Bonchev–Trinajstić information content (AvgIpc) is 3.23.